The van der Waals surface area contributed by atoms with Crippen LogP contribution in [0.5, 0.6) is 0 Å². The minimum Gasteiger partial charge on any atom is -0.356 e. The second-order valence-electron chi connectivity index (χ2n) is 4.00. The van der Waals surface area contributed by atoms with E-state index in [0.29, 0.717) is 18.3 Å². The molecule has 0 aliphatic carbocycles. The fraction of sp³-hybridized carbons (Fsp3) is 0.333. The van der Waals surface area contributed by atoms with Crippen LogP contribution in [0.25, 0.3) is 10.7 Å². The molecule has 0 radical (unpaired) electrons. The summed E-state index contributed by atoms with van der Waals surface area (Å²) < 4.78 is 5.04. The van der Waals surface area contributed by atoms with Crippen molar-refractivity contribution in [3.63, 3.8) is 0 Å². The van der Waals surface area contributed by atoms with Crippen LogP contribution in [0.3, 0.4) is 0 Å². The van der Waals surface area contributed by atoms with Gasteiger partial charge in [0.2, 0.25) is 23.5 Å². The zero-order valence-electron chi connectivity index (χ0n) is 10.9. The van der Waals surface area contributed by atoms with Gasteiger partial charge in [0.25, 0.3) is 0 Å². The van der Waals surface area contributed by atoms with Crippen molar-refractivity contribution in [3.8, 4) is 10.7 Å². The third kappa shape index (κ3) is 4.16. The SMILES string of the molecule is CC(=O)NCCC(=O)NCc1nc(-c2cccs2)no1. The van der Waals surface area contributed by atoms with Crippen LogP contribution in [0.2, 0.25) is 0 Å². The smallest absolute Gasteiger partial charge is 0.246 e. The van der Waals surface area contributed by atoms with E-state index in [9.17, 15) is 9.59 Å². The van der Waals surface area contributed by atoms with E-state index in [-0.39, 0.29) is 24.8 Å². The number of carbonyl (C=O) groups is 2. The van der Waals surface area contributed by atoms with E-state index in [1.807, 2.05) is 17.5 Å². The second kappa shape index (κ2) is 6.80. The van der Waals surface area contributed by atoms with Crippen LogP contribution in [-0.2, 0) is 16.1 Å². The normalized spacial score (nSPS) is 10.2. The second-order valence-corrected chi connectivity index (χ2v) is 4.95. The molecule has 8 heteroatoms. The largest absolute Gasteiger partial charge is 0.356 e. The number of amides is 2. The zero-order chi connectivity index (χ0) is 14.4. The van der Waals surface area contributed by atoms with Crippen LogP contribution in [0.4, 0.5) is 0 Å². The van der Waals surface area contributed by atoms with Crippen molar-refractivity contribution in [2.45, 2.75) is 19.9 Å². The molecule has 0 bridgehead atoms. The lowest BCUT2D eigenvalue weighted by molar-refractivity contribution is -0.121. The highest BCUT2D eigenvalue weighted by molar-refractivity contribution is 7.13. The summed E-state index contributed by atoms with van der Waals surface area (Å²) in [5, 5.41) is 11.0. The van der Waals surface area contributed by atoms with Gasteiger partial charge in [0, 0.05) is 19.9 Å². The Morgan fingerprint density at radius 1 is 1.40 bits per heavy atom. The molecule has 0 saturated heterocycles. The first-order chi connectivity index (χ1) is 9.65. The molecule has 0 unspecified atom stereocenters. The van der Waals surface area contributed by atoms with Crippen molar-refractivity contribution in [3.05, 3.63) is 23.4 Å². The molecule has 2 aromatic heterocycles. The fourth-order valence-electron chi connectivity index (χ4n) is 1.45. The standard InChI is InChI=1S/C12H14N4O3S/c1-8(17)13-5-4-10(18)14-7-11-15-12(16-19-11)9-3-2-6-20-9/h2-3,6H,4-5,7H2,1H3,(H,13,17)(H,14,18). The maximum absolute atomic E-state index is 11.5. The first-order valence-electron chi connectivity index (χ1n) is 6.03. The summed E-state index contributed by atoms with van der Waals surface area (Å²) >= 11 is 1.51. The summed E-state index contributed by atoms with van der Waals surface area (Å²) in [5.74, 6) is 0.522. The number of nitrogens with zero attached hydrogens (tertiary/aromatic N) is 2. The summed E-state index contributed by atoms with van der Waals surface area (Å²) in [6.07, 6.45) is 0.214. The first-order valence-corrected chi connectivity index (χ1v) is 6.90. The number of carbonyl (C=O) groups excluding carboxylic acids is 2. The number of aromatic nitrogens is 2. The Bertz CT molecular complexity index is 579. The number of nitrogens with one attached hydrogen (secondary N) is 2. The predicted molar refractivity (Wildman–Crippen MR) is 72.8 cm³/mol. The van der Waals surface area contributed by atoms with Crippen LogP contribution < -0.4 is 10.6 Å². The van der Waals surface area contributed by atoms with Gasteiger partial charge in [0.05, 0.1) is 11.4 Å². The molecule has 2 rings (SSSR count). The van der Waals surface area contributed by atoms with E-state index in [1.54, 1.807) is 0 Å². The topological polar surface area (TPSA) is 97.1 Å². The van der Waals surface area contributed by atoms with Crippen LogP contribution in [0.1, 0.15) is 19.2 Å². The minimum atomic E-state index is -0.186. The summed E-state index contributed by atoms with van der Waals surface area (Å²) in [4.78, 5) is 27.2. The van der Waals surface area contributed by atoms with Gasteiger partial charge in [-0.15, -0.1) is 11.3 Å². The molecule has 2 N–H and O–H groups in total. The predicted octanol–water partition coefficient (Wildman–Crippen LogP) is 0.941. The van der Waals surface area contributed by atoms with Crippen molar-refractivity contribution in [2.24, 2.45) is 0 Å². The molecule has 7 nitrogen and oxygen atoms in total. The Hall–Kier alpha value is -2.22. The Kier molecular flexibility index (Phi) is 4.83. The molecule has 2 amide bonds. The van der Waals surface area contributed by atoms with Gasteiger partial charge in [-0.1, -0.05) is 11.2 Å². The molecule has 106 valence electrons. The van der Waals surface area contributed by atoms with Crippen molar-refractivity contribution in [1.29, 1.82) is 0 Å². The molecular weight excluding hydrogens is 280 g/mol. The van der Waals surface area contributed by atoms with Gasteiger partial charge in [-0.25, -0.2) is 0 Å². The van der Waals surface area contributed by atoms with E-state index in [2.05, 4.69) is 20.8 Å². The molecule has 20 heavy (non-hydrogen) atoms. The third-order valence-corrected chi connectivity index (χ3v) is 3.24. The highest BCUT2D eigenvalue weighted by atomic mass is 32.1. The summed E-state index contributed by atoms with van der Waals surface area (Å²) in [7, 11) is 0. The quantitative estimate of drug-likeness (QED) is 0.826. The maximum atomic E-state index is 11.5. The Labute approximate surface area is 119 Å². The van der Waals surface area contributed by atoms with Gasteiger partial charge in [0.1, 0.15) is 0 Å². The van der Waals surface area contributed by atoms with Gasteiger partial charge in [-0.2, -0.15) is 4.98 Å². The van der Waals surface area contributed by atoms with E-state index in [4.69, 9.17) is 4.52 Å². The molecule has 0 saturated carbocycles. The van der Waals surface area contributed by atoms with Gasteiger partial charge in [-0.05, 0) is 11.4 Å². The van der Waals surface area contributed by atoms with Crippen LogP contribution in [-0.4, -0.2) is 28.5 Å². The Morgan fingerprint density at radius 2 is 2.25 bits per heavy atom. The molecule has 0 atom stereocenters. The van der Waals surface area contributed by atoms with E-state index in [0.717, 1.165) is 4.88 Å². The van der Waals surface area contributed by atoms with Crippen LogP contribution in [0, 0.1) is 0 Å². The van der Waals surface area contributed by atoms with Crippen molar-refractivity contribution in [1.82, 2.24) is 20.8 Å². The van der Waals surface area contributed by atoms with E-state index in [1.165, 1.54) is 18.3 Å². The number of hydrogen-bond acceptors (Lipinski definition) is 6. The molecular formula is C12H14N4O3S. The van der Waals surface area contributed by atoms with Crippen molar-refractivity contribution in [2.75, 3.05) is 6.54 Å². The van der Waals surface area contributed by atoms with Gasteiger partial charge >= 0.3 is 0 Å². The summed E-state index contributed by atoms with van der Waals surface area (Å²) in [6, 6.07) is 3.80. The lowest BCUT2D eigenvalue weighted by Crippen LogP contribution is -2.29. The lowest BCUT2D eigenvalue weighted by atomic mass is 10.4. The lowest BCUT2D eigenvalue weighted by Gasteiger charge is -2.02. The third-order valence-electron chi connectivity index (χ3n) is 2.37. The van der Waals surface area contributed by atoms with Crippen molar-refractivity contribution >= 4 is 23.2 Å². The zero-order valence-corrected chi connectivity index (χ0v) is 11.7. The van der Waals surface area contributed by atoms with Gasteiger partial charge in [-0.3, -0.25) is 9.59 Å². The number of thiophene rings is 1. The van der Waals surface area contributed by atoms with E-state index < -0.39 is 0 Å². The molecule has 0 aromatic carbocycles. The molecule has 2 heterocycles. The minimum absolute atomic E-state index is 0.157. The van der Waals surface area contributed by atoms with Crippen molar-refractivity contribution < 1.29 is 14.1 Å². The molecule has 0 aliphatic rings. The summed E-state index contributed by atoms with van der Waals surface area (Å²) in [5.41, 5.74) is 0. The maximum Gasteiger partial charge on any atom is 0.246 e. The molecule has 2 aromatic rings. The Balaban J connectivity index is 1.77. The average molecular weight is 294 g/mol. The number of rotatable bonds is 6. The highest BCUT2D eigenvalue weighted by Crippen LogP contribution is 2.21. The Morgan fingerprint density at radius 3 is 2.95 bits per heavy atom. The number of hydrogen-bond donors (Lipinski definition) is 2. The van der Waals surface area contributed by atoms with Gasteiger partial charge < -0.3 is 15.2 Å². The van der Waals surface area contributed by atoms with Gasteiger partial charge in [0.15, 0.2) is 0 Å². The van der Waals surface area contributed by atoms with Crippen LogP contribution in [0.15, 0.2) is 22.0 Å². The van der Waals surface area contributed by atoms with Crippen LogP contribution >= 0.6 is 11.3 Å². The monoisotopic (exact) mass is 294 g/mol. The first kappa shape index (κ1) is 14.2. The average Bonchev–Trinajstić information content (AvgIpc) is 3.06. The molecule has 0 fully saturated rings. The summed E-state index contributed by atoms with van der Waals surface area (Å²) in [6.45, 7) is 1.89. The molecule has 0 aliphatic heterocycles. The fourth-order valence-corrected chi connectivity index (χ4v) is 2.10. The van der Waals surface area contributed by atoms with E-state index >= 15 is 0 Å². The highest BCUT2D eigenvalue weighted by Gasteiger charge is 2.10. The molecule has 0 spiro atoms.